The SMILES string of the molecule is INCCCN1CCC(N2CCCCC2)CC1. The molecule has 0 unspecified atom stereocenters. The summed E-state index contributed by atoms with van der Waals surface area (Å²) < 4.78 is 3.20. The fourth-order valence-electron chi connectivity index (χ4n) is 3.16. The van der Waals surface area contributed by atoms with Crippen molar-refractivity contribution >= 4 is 22.9 Å². The number of rotatable bonds is 5. The van der Waals surface area contributed by atoms with E-state index in [1.165, 1.54) is 71.2 Å². The molecule has 2 saturated heterocycles. The van der Waals surface area contributed by atoms with Gasteiger partial charge in [-0.15, -0.1) is 0 Å². The van der Waals surface area contributed by atoms with Gasteiger partial charge in [0.05, 0.1) is 0 Å². The first kappa shape index (κ1) is 14.0. The molecule has 2 rings (SSSR count). The Bertz CT molecular complexity index is 199. The van der Waals surface area contributed by atoms with Gasteiger partial charge >= 0.3 is 0 Å². The summed E-state index contributed by atoms with van der Waals surface area (Å²) in [4.78, 5) is 5.40. The number of halogens is 1. The zero-order valence-corrected chi connectivity index (χ0v) is 13.0. The van der Waals surface area contributed by atoms with Gasteiger partial charge in [0, 0.05) is 35.5 Å². The van der Waals surface area contributed by atoms with Crippen molar-refractivity contribution in [1.82, 2.24) is 13.3 Å². The second-order valence-electron chi connectivity index (χ2n) is 5.41. The number of hydrogen-bond donors (Lipinski definition) is 1. The van der Waals surface area contributed by atoms with Crippen molar-refractivity contribution in [2.45, 2.75) is 44.6 Å². The molecule has 0 amide bonds. The first-order valence-corrected chi connectivity index (χ1v) is 8.28. The quantitative estimate of drug-likeness (QED) is 0.466. The lowest BCUT2D eigenvalue weighted by atomic mass is 10.00. The second kappa shape index (κ2) is 7.92. The average Bonchev–Trinajstić information content (AvgIpc) is 2.41. The summed E-state index contributed by atoms with van der Waals surface area (Å²) in [5.41, 5.74) is 0. The van der Waals surface area contributed by atoms with E-state index in [2.05, 4.69) is 36.2 Å². The first-order valence-electron chi connectivity index (χ1n) is 7.20. The Morgan fingerprint density at radius 3 is 2.35 bits per heavy atom. The average molecular weight is 351 g/mol. The fourth-order valence-corrected chi connectivity index (χ4v) is 3.54. The van der Waals surface area contributed by atoms with E-state index in [1.54, 1.807) is 0 Å². The maximum atomic E-state index is 3.20. The number of piperidine rings is 2. The van der Waals surface area contributed by atoms with Gasteiger partial charge in [-0.3, -0.25) is 3.53 Å². The maximum Gasteiger partial charge on any atom is 0.0169 e. The molecule has 0 aromatic rings. The van der Waals surface area contributed by atoms with Crippen LogP contribution in [0.15, 0.2) is 0 Å². The van der Waals surface area contributed by atoms with Crippen LogP contribution in [-0.2, 0) is 0 Å². The van der Waals surface area contributed by atoms with Crippen LogP contribution in [0.4, 0.5) is 0 Å². The molecule has 0 aromatic carbocycles. The van der Waals surface area contributed by atoms with Crippen molar-refractivity contribution in [2.75, 3.05) is 39.3 Å². The van der Waals surface area contributed by atoms with E-state index >= 15 is 0 Å². The minimum atomic E-state index is 0.897. The van der Waals surface area contributed by atoms with E-state index in [9.17, 15) is 0 Å². The van der Waals surface area contributed by atoms with E-state index in [-0.39, 0.29) is 0 Å². The van der Waals surface area contributed by atoms with Gasteiger partial charge in [-0.05, 0) is 64.8 Å². The van der Waals surface area contributed by atoms with Crippen molar-refractivity contribution in [1.29, 1.82) is 0 Å². The molecule has 2 aliphatic heterocycles. The third-order valence-electron chi connectivity index (χ3n) is 4.21. The molecule has 3 nitrogen and oxygen atoms in total. The molecule has 0 radical (unpaired) electrons. The standard InChI is InChI=1S/C13H26IN3/c14-15-7-4-8-16-11-5-13(6-12-16)17-9-2-1-3-10-17/h13,15H,1-12H2. The molecule has 2 heterocycles. The van der Waals surface area contributed by atoms with Gasteiger partial charge in [-0.25, -0.2) is 0 Å². The van der Waals surface area contributed by atoms with Crippen LogP contribution in [0.25, 0.3) is 0 Å². The smallest absolute Gasteiger partial charge is 0.0169 e. The van der Waals surface area contributed by atoms with E-state index in [0.717, 1.165) is 12.6 Å². The van der Waals surface area contributed by atoms with Gasteiger partial charge in [0.15, 0.2) is 0 Å². The molecule has 4 heteroatoms. The molecule has 2 aliphatic rings. The van der Waals surface area contributed by atoms with Crippen LogP contribution in [0.2, 0.25) is 0 Å². The van der Waals surface area contributed by atoms with E-state index in [1.807, 2.05) is 0 Å². The summed E-state index contributed by atoms with van der Waals surface area (Å²) >= 11 is 2.24. The van der Waals surface area contributed by atoms with Crippen molar-refractivity contribution in [3.63, 3.8) is 0 Å². The predicted molar refractivity (Wildman–Crippen MR) is 81.5 cm³/mol. The van der Waals surface area contributed by atoms with Crippen LogP contribution in [0, 0.1) is 0 Å². The molecule has 1 N–H and O–H groups in total. The van der Waals surface area contributed by atoms with Crippen LogP contribution in [-0.4, -0.2) is 55.1 Å². The molecule has 0 aromatic heterocycles. The Morgan fingerprint density at radius 1 is 1.00 bits per heavy atom. The molecule has 0 bridgehead atoms. The van der Waals surface area contributed by atoms with E-state index < -0.39 is 0 Å². The zero-order valence-electron chi connectivity index (χ0n) is 10.8. The molecular formula is C13H26IN3. The van der Waals surface area contributed by atoms with Gasteiger partial charge in [0.2, 0.25) is 0 Å². The fraction of sp³-hybridized carbons (Fsp3) is 1.00. The van der Waals surface area contributed by atoms with E-state index in [0.29, 0.717) is 0 Å². The summed E-state index contributed by atoms with van der Waals surface area (Å²) in [6.45, 7) is 7.80. The third kappa shape index (κ3) is 4.65. The summed E-state index contributed by atoms with van der Waals surface area (Å²) in [5, 5.41) is 0. The first-order chi connectivity index (χ1) is 8.40. The lowest BCUT2D eigenvalue weighted by Gasteiger charge is -2.40. The lowest BCUT2D eigenvalue weighted by molar-refractivity contribution is 0.0923. The monoisotopic (exact) mass is 351 g/mol. The highest BCUT2D eigenvalue weighted by atomic mass is 127. The van der Waals surface area contributed by atoms with Gasteiger partial charge in [-0.1, -0.05) is 6.42 Å². The predicted octanol–water partition coefficient (Wildman–Crippen LogP) is 2.27. The molecule has 0 spiro atoms. The maximum absolute atomic E-state index is 3.20. The van der Waals surface area contributed by atoms with Gasteiger partial charge in [0.25, 0.3) is 0 Å². The molecule has 0 aliphatic carbocycles. The highest BCUT2D eigenvalue weighted by Crippen LogP contribution is 2.20. The minimum Gasteiger partial charge on any atom is -0.303 e. The third-order valence-corrected chi connectivity index (χ3v) is 4.75. The normalized spacial score (nSPS) is 25.2. The van der Waals surface area contributed by atoms with Gasteiger partial charge < -0.3 is 9.80 Å². The topological polar surface area (TPSA) is 18.5 Å². The Labute approximate surface area is 120 Å². The molecule has 0 atom stereocenters. The van der Waals surface area contributed by atoms with E-state index in [4.69, 9.17) is 0 Å². The number of hydrogen-bond acceptors (Lipinski definition) is 3. The van der Waals surface area contributed by atoms with Crippen LogP contribution >= 0.6 is 22.9 Å². The Kier molecular flexibility index (Phi) is 6.53. The lowest BCUT2D eigenvalue weighted by Crippen LogP contribution is -2.46. The minimum absolute atomic E-state index is 0.897. The summed E-state index contributed by atoms with van der Waals surface area (Å²) in [7, 11) is 0. The highest BCUT2D eigenvalue weighted by Gasteiger charge is 2.24. The van der Waals surface area contributed by atoms with Crippen molar-refractivity contribution in [3.8, 4) is 0 Å². The molecule has 17 heavy (non-hydrogen) atoms. The number of likely N-dealkylation sites (tertiary alicyclic amines) is 2. The number of nitrogens with zero attached hydrogens (tertiary/aromatic N) is 2. The molecule has 100 valence electrons. The van der Waals surface area contributed by atoms with Crippen molar-refractivity contribution in [2.24, 2.45) is 0 Å². The molecule has 0 saturated carbocycles. The van der Waals surface area contributed by atoms with Gasteiger partial charge in [0.1, 0.15) is 0 Å². The Hall–Kier alpha value is 0.610. The second-order valence-corrected chi connectivity index (χ2v) is 6.17. The summed E-state index contributed by atoms with van der Waals surface area (Å²) in [6.07, 6.45) is 8.41. The van der Waals surface area contributed by atoms with Crippen LogP contribution in [0.1, 0.15) is 38.5 Å². The largest absolute Gasteiger partial charge is 0.303 e. The summed E-state index contributed by atoms with van der Waals surface area (Å²) in [5.74, 6) is 0. The van der Waals surface area contributed by atoms with Gasteiger partial charge in [-0.2, -0.15) is 0 Å². The Balaban J connectivity index is 1.63. The van der Waals surface area contributed by atoms with Crippen LogP contribution < -0.4 is 3.53 Å². The molecule has 2 fully saturated rings. The number of nitrogens with one attached hydrogen (secondary N) is 1. The van der Waals surface area contributed by atoms with Crippen molar-refractivity contribution < 1.29 is 0 Å². The zero-order chi connectivity index (χ0) is 11.9. The van der Waals surface area contributed by atoms with Crippen LogP contribution in [0.5, 0.6) is 0 Å². The van der Waals surface area contributed by atoms with Crippen molar-refractivity contribution in [3.05, 3.63) is 0 Å². The van der Waals surface area contributed by atoms with Crippen LogP contribution in [0.3, 0.4) is 0 Å². The molecular weight excluding hydrogens is 325 g/mol. The Morgan fingerprint density at radius 2 is 1.71 bits per heavy atom. The highest BCUT2D eigenvalue weighted by molar-refractivity contribution is 14.1. The summed E-state index contributed by atoms with van der Waals surface area (Å²) in [6, 6.07) is 0.897.